The minimum atomic E-state index is -0.670. The average molecular weight is 418 g/mol. The van der Waals surface area contributed by atoms with Crippen molar-refractivity contribution in [3.8, 4) is 0 Å². The van der Waals surface area contributed by atoms with Crippen LogP contribution >= 0.6 is 0 Å². The van der Waals surface area contributed by atoms with Crippen molar-refractivity contribution in [1.82, 2.24) is 0 Å². The fraction of sp³-hybridized carbons (Fsp3) is 0.800. The summed E-state index contributed by atoms with van der Waals surface area (Å²) in [5.41, 5.74) is -0.686. The lowest BCUT2D eigenvalue weighted by Gasteiger charge is -2.18. The molecule has 0 aromatic heterocycles. The van der Waals surface area contributed by atoms with Gasteiger partial charge >= 0.3 is 23.9 Å². The van der Waals surface area contributed by atoms with E-state index in [-0.39, 0.29) is 31.7 Å². The highest BCUT2D eigenvalue weighted by Gasteiger charge is 2.18. The molecule has 0 saturated heterocycles. The molecule has 0 aliphatic heterocycles. The average Bonchev–Trinajstić information content (AvgIpc) is 2.57. The molecular weight excluding hydrogens is 384 g/mol. The van der Waals surface area contributed by atoms with Gasteiger partial charge in [-0.2, -0.15) is 0 Å². The SMILES string of the molecule is CC(C)(C)CC(=O)OCC(=O)OCCCCOC(=O)COC(=O)COC(C)(C)C. The molecule has 0 bridgehead atoms. The zero-order valence-electron chi connectivity index (χ0n) is 18.3. The first kappa shape index (κ1) is 26.8. The third kappa shape index (κ3) is 18.9. The highest BCUT2D eigenvalue weighted by molar-refractivity contribution is 5.77. The standard InChI is InChI=1S/C20H34O9/c1-19(2,3)11-15(21)27-12-16(22)25-9-7-8-10-26-17(23)13-28-18(24)14-29-20(4,5)6/h7-14H2,1-6H3. The first-order valence-corrected chi connectivity index (χ1v) is 9.55. The Bertz CT molecular complexity index is 541. The normalized spacial score (nSPS) is 11.5. The van der Waals surface area contributed by atoms with Gasteiger partial charge in [0.15, 0.2) is 13.2 Å². The van der Waals surface area contributed by atoms with Gasteiger partial charge in [0.1, 0.15) is 6.61 Å². The third-order valence-electron chi connectivity index (χ3n) is 3.06. The molecule has 0 spiro atoms. The van der Waals surface area contributed by atoms with Crippen molar-refractivity contribution in [1.29, 1.82) is 0 Å². The van der Waals surface area contributed by atoms with Crippen molar-refractivity contribution < 1.29 is 42.9 Å². The summed E-state index contributed by atoms with van der Waals surface area (Å²) in [6, 6.07) is 0. The molecule has 0 N–H and O–H groups in total. The van der Waals surface area contributed by atoms with Crippen LogP contribution in [-0.2, 0) is 42.9 Å². The van der Waals surface area contributed by atoms with Crippen LogP contribution in [0, 0.1) is 5.41 Å². The first-order chi connectivity index (χ1) is 13.3. The summed E-state index contributed by atoms with van der Waals surface area (Å²) in [6.07, 6.45) is 1.14. The van der Waals surface area contributed by atoms with Gasteiger partial charge in [-0.05, 0) is 39.0 Å². The van der Waals surface area contributed by atoms with Gasteiger partial charge in [-0.3, -0.25) is 4.79 Å². The quantitative estimate of drug-likeness (QED) is 0.267. The number of unbranched alkanes of at least 4 members (excludes halogenated alkanes) is 1. The summed E-state index contributed by atoms with van der Waals surface area (Å²) in [6.45, 7) is 10.1. The van der Waals surface area contributed by atoms with Crippen molar-refractivity contribution in [2.45, 2.75) is 66.4 Å². The molecule has 9 nitrogen and oxygen atoms in total. The smallest absolute Gasteiger partial charge is 0.344 e. The molecule has 0 aliphatic carbocycles. The Labute approximate surface area is 172 Å². The van der Waals surface area contributed by atoms with E-state index < -0.39 is 42.7 Å². The first-order valence-electron chi connectivity index (χ1n) is 9.55. The number of hydrogen-bond donors (Lipinski definition) is 0. The van der Waals surface area contributed by atoms with E-state index in [1.165, 1.54) is 0 Å². The molecule has 29 heavy (non-hydrogen) atoms. The summed E-state index contributed by atoms with van der Waals surface area (Å²) >= 11 is 0. The summed E-state index contributed by atoms with van der Waals surface area (Å²) in [7, 11) is 0. The highest BCUT2D eigenvalue weighted by Crippen LogP contribution is 2.18. The highest BCUT2D eigenvalue weighted by atomic mass is 16.6. The maximum Gasteiger partial charge on any atom is 0.344 e. The van der Waals surface area contributed by atoms with E-state index >= 15 is 0 Å². The van der Waals surface area contributed by atoms with E-state index in [4.69, 9.17) is 23.7 Å². The number of carbonyl (C=O) groups is 4. The zero-order valence-corrected chi connectivity index (χ0v) is 18.3. The summed E-state index contributed by atoms with van der Waals surface area (Å²) in [4.78, 5) is 45.8. The molecule has 0 fully saturated rings. The summed E-state index contributed by atoms with van der Waals surface area (Å²) < 4.78 is 24.6. The van der Waals surface area contributed by atoms with Crippen molar-refractivity contribution in [2.75, 3.05) is 33.0 Å². The number of carbonyl (C=O) groups excluding carboxylic acids is 4. The lowest BCUT2D eigenvalue weighted by molar-refractivity contribution is -0.164. The Hall–Kier alpha value is -2.16. The molecular formula is C20H34O9. The van der Waals surface area contributed by atoms with E-state index in [1.54, 1.807) is 20.8 Å². The van der Waals surface area contributed by atoms with Gasteiger partial charge in [0.2, 0.25) is 0 Å². The molecule has 0 aliphatic rings. The fourth-order valence-corrected chi connectivity index (χ4v) is 1.74. The van der Waals surface area contributed by atoms with Crippen molar-refractivity contribution >= 4 is 23.9 Å². The molecule has 0 aromatic carbocycles. The van der Waals surface area contributed by atoms with Crippen LogP contribution in [0.3, 0.4) is 0 Å². The molecule has 9 heteroatoms. The van der Waals surface area contributed by atoms with E-state index in [9.17, 15) is 19.2 Å². The van der Waals surface area contributed by atoms with Crippen LogP contribution in [0.15, 0.2) is 0 Å². The monoisotopic (exact) mass is 418 g/mol. The van der Waals surface area contributed by atoms with Crippen LogP contribution < -0.4 is 0 Å². The molecule has 0 amide bonds. The van der Waals surface area contributed by atoms with Gasteiger partial charge in [0.25, 0.3) is 0 Å². The van der Waals surface area contributed by atoms with E-state index in [1.807, 2.05) is 20.8 Å². The second-order valence-electron chi connectivity index (χ2n) is 8.61. The Morgan fingerprint density at radius 3 is 1.41 bits per heavy atom. The topological polar surface area (TPSA) is 114 Å². The Balaban J connectivity index is 3.66. The Kier molecular flexibility index (Phi) is 12.2. The lowest BCUT2D eigenvalue weighted by Crippen LogP contribution is -2.26. The second kappa shape index (κ2) is 13.1. The van der Waals surface area contributed by atoms with Crippen molar-refractivity contribution in [3.63, 3.8) is 0 Å². The molecule has 0 unspecified atom stereocenters. The van der Waals surface area contributed by atoms with Gasteiger partial charge in [0.05, 0.1) is 25.2 Å². The molecule has 0 atom stereocenters. The van der Waals surface area contributed by atoms with Crippen LogP contribution in [0.2, 0.25) is 0 Å². The number of rotatable bonds is 12. The van der Waals surface area contributed by atoms with Crippen LogP contribution in [0.4, 0.5) is 0 Å². The van der Waals surface area contributed by atoms with Gasteiger partial charge in [-0.25, -0.2) is 14.4 Å². The van der Waals surface area contributed by atoms with Gasteiger partial charge in [-0.1, -0.05) is 20.8 Å². The Morgan fingerprint density at radius 1 is 0.586 bits per heavy atom. The predicted molar refractivity (Wildman–Crippen MR) is 103 cm³/mol. The number of hydrogen-bond acceptors (Lipinski definition) is 9. The van der Waals surface area contributed by atoms with Crippen LogP contribution in [0.25, 0.3) is 0 Å². The molecule has 0 heterocycles. The molecule has 0 rings (SSSR count). The molecule has 0 saturated carbocycles. The number of ether oxygens (including phenoxy) is 5. The van der Waals surface area contributed by atoms with Gasteiger partial charge in [0, 0.05) is 0 Å². The van der Waals surface area contributed by atoms with E-state index in [0.717, 1.165) is 0 Å². The molecule has 168 valence electrons. The second-order valence-corrected chi connectivity index (χ2v) is 8.61. The maximum absolute atomic E-state index is 11.5. The van der Waals surface area contributed by atoms with E-state index in [0.29, 0.717) is 12.8 Å². The third-order valence-corrected chi connectivity index (χ3v) is 3.06. The number of esters is 4. The Morgan fingerprint density at radius 2 is 1.00 bits per heavy atom. The van der Waals surface area contributed by atoms with Crippen LogP contribution in [-0.4, -0.2) is 62.5 Å². The van der Waals surface area contributed by atoms with Gasteiger partial charge < -0.3 is 23.7 Å². The maximum atomic E-state index is 11.5. The minimum absolute atomic E-state index is 0.104. The molecule has 0 aromatic rings. The summed E-state index contributed by atoms with van der Waals surface area (Å²) in [5, 5.41) is 0. The van der Waals surface area contributed by atoms with Crippen LogP contribution in [0.5, 0.6) is 0 Å². The summed E-state index contributed by atoms with van der Waals surface area (Å²) in [5.74, 6) is -2.40. The van der Waals surface area contributed by atoms with E-state index in [2.05, 4.69) is 0 Å². The van der Waals surface area contributed by atoms with Crippen LogP contribution in [0.1, 0.15) is 60.8 Å². The van der Waals surface area contributed by atoms with Crippen molar-refractivity contribution in [3.05, 3.63) is 0 Å². The lowest BCUT2D eigenvalue weighted by atomic mass is 9.93. The van der Waals surface area contributed by atoms with Gasteiger partial charge in [-0.15, -0.1) is 0 Å². The molecule has 0 radical (unpaired) electrons. The fourth-order valence-electron chi connectivity index (χ4n) is 1.74. The minimum Gasteiger partial charge on any atom is -0.463 e. The zero-order chi connectivity index (χ0) is 22.5. The largest absolute Gasteiger partial charge is 0.463 e. The van der Waals surface area contributed by atoms with Crippen molar-refractivity contribution in [2.24, 2.45) is 5.41 Å². The predicted octanol–water partition coefficient (Wildman–Crippen LogP) is 2.19.